The fourth-order valence-electron chi connectivity index (χ4n) is 0.936. The van der Waals surface area contributed by atoms with E-state index in [2.05, 4.69) is 10.6 Å². The molecule has 0 heterocycles. The summed E-state index contributed by atoms with van der Waals surface area (Å²) in [6.07, 6.45) is 1.90. The third-order valence-electron chi connectivity index (χ3n) is 1.72. The molecule has 0 bridgehead atoms. The van der Waals surface area contributed by atoms with Gasteiger partial charge in [0, 0.05) is 20.2 Å². The molecule has 0 radical (unpaired) electrons. The molecular formula is C9H21N3O2. The zero-order valence-electron chi connectivity index (χ0n) is 8.84. The summed E-state index contributed by atoms with van der Waals surface area (Å²) in [5.74, 6) is 0.0260. The minimum atomic E-state index is 0.0260. The maximum Gasteiger partial charge on any atom is 0.233 e. The van der Waals surface area contributed by atoms with E-state index < -0.39 is 0 Å². The van der Waals surface area contributed by atoms with Crippen molar-refractivity contribution in [2.45, 2.75) is 12.8 Å². The van der Waals surface area contributed by atoms with Crippen LogP contribution in [-0.4, -0.2) is 45.8 Å². The summed E-state index contributed by atoms with van der Waals surface area (Å²) >= 11 is 0. The molecule has 5 heteroatoms. The Kier molecular flexibility index (Phi) is 9.95. The summed E-state index contributed by atoms with van der Waals surface area (Å²) < 4.78 is 4.83. The molecule has 0 rings (SSSR count). The predicted molar refractivity (Wildman–Crippen MR) is 56.0 cm³/mol. The van der Waals surface area contributed by atoms with Gasteiger partial charge in [0.2, 0.25) is 5.91 Å². The number of hydrogen-bond acceptors (Lipinski definition) is 4. The van der Waals surface area contributed by atoms with Crippen LogP contribution in [0.3, 0.4) is 0 Å². The van der Waals surface area contributed by atoms with Gasteiger partial charge in [0.1, 0.15) is 0 Å². The first-order chi connectivity index (χ1) is 6.81. The Morgan fingerprint density at radius 1 is 1.36 bits per heavy atom. The Labute approximate surface area is 85.4 Å². The third kappa shape index (κ3) is 9.44. The van der Waals surface area contributed by atoms with Crippen molar-refractivity contribution in [3.63, 3.8) is 0 Å². The minimum absolute atomic E-state index is 0.0260. The summed E-state index contributed by atoms with van der Waals surface area (Å²) in [7, 11) is 1.63. The lowest BCUT2D eigenvalue weighted by atomic mass is 10.3. The molecule has 0 aromatic carbocycles. The molecule has 84 valence electrons. The van der Waals surface area contributed by atoms with Crippen molar-refractivity contribution in [2.75, 3.05) is 39.9 Å². The standard InChI is InChI=1S/C9H21N3O2/c1-14-7-6-11-8-9(13)12-5-3-2-4-10/h11H,2-8,10H2,1H3,(H,12,13). The SMILES string of the molecule is COCCNCC(=O)NCCCCN. The molecule has 0 aromatic heterocycles. The highest BCUT2D eigenvalue weighted by molar-refractivity contribution is 5.77. The number of carbonyl (C=O) groups excluding carboxylic acids is 1. The largest absolute Gasteiger partial charge is 0.383 e. The predicted octanol–water partition coefficient (Wildman–Crippen LogP) is -0.922. The summed E-state index contributed by atoms with van der Waals surface area (Å²) in [6, 6.07) is 0. The molecule has 0 aliphatic rings. The van der Waals surface area contributed by atoms with Gasteiger partial charge in [-0.05, 0) is 19.4 Å². The molecule has 0 aliphatic carbocycles. The molecule has 0 saturated carbocycles. The number of rotatable bonds is 9. The van der Waals surface area contributed by atoms with Crippen molar-refractivity contribution in [3.8, 4) is 0 Å². The number of methoxy groups -OCH3 is 1. The maximum absolute atomic E-state index is 11.1. The Morgan fingerprint density at radius 3 is 2.79 bits per heavy atom. The number of unbranched alkanes of at least 4 members (excludes halogenated alkanes) is 1. The second kappa shape index (κ2) is 10.4. The lowest BCUT2D eigenvalue weighted by molar-refractivity contribution is -0.120. The summed E-state index contributed by atoms with van der Waals surface area (Å²) in [5.41, 5.74) is 5.32. The van der Waals surface area contributed by atoms with Gasteiger partial charge < -0.3 is 21.1 Å². The van der Waals surface area contributed by atoms with Gasteiger partial charge in [-0.1, -0.05) is 0 Å². The molecule has 4 N–H and O–H groups in total. The van der Waals surface area contributed by atoms with Crippen LogP contribution in [0.4, 0.5) is 0 Å². The molecule has 0 spiro atoms. The highest BCUT2D eigenvalue weighted by Gasteiger charge is 1.98. The highest BCUT2D eigenvalue weighted by atomic mass is 16.5. The molecule has 0 aliphatic heterocycles. The van der Waals surface area contributed by atoms with Gasteiger partial charge in [-0.25, -0.2) is 0 Å². The lowest BCUT2D eigenvalue weighted by Crippen LogP contribution is -2.35. The van der Waals surface area contributed by atoms with Crippen molar-refractivity contribution in [1.82, 2.24) is 10.6 Å². The number of carbonyl (C=O) groups is 1. The smallest absolute Gasteiger partial charge is 0.233 e. The van der Waals surface area contributed by atoms with Crippen LogP contribution in [0.1, 0.15) is 12.8 Å². The number of nitrogens with one attached hydrogen (secondary N) is 2. The van der Waals surface area contributed by atoms with Crippen LogP contribution in [0.25, 0.3) is 0 Å². The van der Waals surface area contributed by atoms with Crippen molar-refractivity contribution in [3.05, 3.63) is 0 Å². The molecule has 0 unspecified atom stereocenters. The van der Waals surface area contributed by atoms with Crippen LogP contribution in [0.15, 0.2) is 0 Å². The fourth-order valence-corrected chi connectivity index (χ4v) is 0.936. The molecule has 0 fully saturated rings. The average Bonchev–Trinajstić information content (AvgIpc) is 2.19. The summed E-state index contributed by atoms with van der Waals surface area (Å²) in [4.78, 5) is 11.1. The Bertz CT molecular complexity index is 128. The normalized spacial score (nSPS) is 10.1. The number of amides is 1. The molecule has 5 nitrogen and oxygen atoms in total. The molecule has 0 saturated heterocycles. The lowest BCUT2D eigenvalue weighted by Gasteiger charge is -2.05. The molecular weight excluding hydrogens is 182 g/mol. The number of hydrogen-bond donors (Lipinski definition) is 3. The van der Waals surface area contributed by atoms with Gasteiger partial charge in [0.05, 0.1) is 13.2 Å². The average molecular weight is 203 g/mol. The Morgan fingerprint density at radius 2 is 2.14 bits per heavy atom. The Hall–Kier alpha value is -0.650. The van der Waals surface area contributed by atoms with Crippen LogP contribution >= 0.6 is 0 Å². The second-order valence-electron chi connectivity index (χ2n) is 3.02. The first-order valence-electron chi connectivity index (χ1n) is 4.97. The molecule has 14 heavy (non-hydrogen) atoms. The van der Waals surface area contributed by atoms with Crippen LogP contribution in [0, 0.1) is 0 Å². The van der Waals surface area contributed by atoms with Crippen molar-refractivity contribution in [1.29, 1.82) is 0 Å². The third-order valence-corrected chi connectivity index (χ3v) is 1.72. The zero-order chi connectivity index (χ0) is 10.6. The van der Waals surface area contributed by atoms with E-state index in [9.17, 15) is 4.79 Å². The van der Waals surface area contributed by atoms with E-state index in [1.807, 2.05) is 0 Å². The minimum Gasteiger partial charge on any atom is -0.383 e. The van der Waals surface area contributed by atoms with E-state index in [4.69, 9.17) is 10.5 Å². The second-order valence-corrected chi connectivity index (χ2v) is 3.02. The van der Waals surface area contributed by atoms with Crippen LogP contribution < -0.4 is 16.4 Å². The van der Waals surface area contributed by atoms with Crippen molar-refractivity contribution >= 4 is 5.91 Å². The van der Waals surface area contributed by atoms with Crippen molar-refractivity contribution < 1.29 is 9.53 Å². The van der Waals surface area contributed by atoms with Crippen LogP contribution in [0.5, 0.6) is 0 Å². The summed E-state index contributed by atoms with van der Waals surface area (Å²) in [5, 5.41) is 5.76. The van der Waals surface area contributed by atoms with Gasteiger partial charge in [0.25, 0.3) is 0 Å². The van der Waals surface area contributed by atoms with Gasteiger partial charge in [0.15, 0.2) is 0 Å². The first-order valence-corrected chi connectivity index (χ1v) is 4.97. The van der Waals surface area contributed by atoms with Crippen molar-refractivity contribution in [2.24, 2.45) is 5.73 Å². The maximum atomic E-state index is 11.1. The molecule has 0 aromatic rings. The quantitative estimate of drug-likeness (QED) is 0.423. The summed E-state index contributed by atoms with van der Waals surface area (Å²) in [6.45, 7) is 3.07. The van der Waals surface area contributed by atoms with E-state index in [0.717, 1.165) is 12.8 Å². The number of nitrogens with two attached hydrogens (primary N) is 1. The first kappa shape index (κ1) is 13.4. The van der Waals surface area contributed by atoms with Gasteiger partial charge in [-0.3, -0.25) is 4.79 Å². The van der Waals surface area contributed by atoms with E-state index in [1.165, 1.54) is 0 Å². The van der Waals surface area contributed by atoms with Crippen LogP contribution in [-0.2, 0) is 9.53 Å². The topological polar surface area (TPSA) is 76.4 Å². The zero-order valence-corrected chi connectivity index (χ0v) is 8.84. The van der Waals surface area contributed by atoms with E-state index >= 15 is 0 Å². The van der Waals surface area contributed by atoms with Crippen LogP contribution in [0.2, 0.25) is 0 Å². The monoisotopic (exact) mass is 203 g/mol. The van der Waals surface area contributed by atoms with E-state index in [1.54, 1.807) is 7.11 Å². The van der Waals surface area contributed by atoms with Gasteiger partial charge >= 0.3 is 0 Å². The molecule has 0 atom stereocenters. The number of ether oxygens (including phenoxy) is 1. The van der Waals surface area contributed by atoms with Gasteiger partial charge in [-0.2, -0.15) is 0 Å². The van der Waals surface area contributed by atoms with Gasteiger partial charge in [-0.15, -0.1) is 0 Å². The Balaban J connectivity index is 3.11. The van der Waals surface area contributed by atoms with E-state index in [-0.39, 0.29) is 5.91 Å². The van der Waals surface area contributed by atoms with E-state index in [0.29, 0.717) is 32.8 Å². The highest BCUT2D eigenvalue weighted by Crippen LogP contribution is 1.81. The fraction of sp³-hybridized carbons (Fsp3) is 0.889. The molecule has 1 amide bonds.